The van der Waals surface area contributed by atoms with Crippen molar-refractivity contribution in [3.05, 3.63) is 34.3 Å². The third-order valence-electron chi connectivity index (χ3n) is 2.75. The van der Waals surface area contributed by atoms with Crippen molar-refractivity contribution in [1.82, 2.24) is 9.55 Å². The number of hydrogen-bond acceptors (Lipinski definition) is 3. The lowest BCUT2D eigenvalue weighted by atomic mass is 10.4. The van der Waals surface area contributed by atoms with Crippen LogP contribution in [-0.2, 0) is 6.54 Å². The molecule has 4 heteroatoms. The highest BCUT2D eigenvalue weighted by molar-refractivity contribution is 7.11. The normalized spacial score (nSPS) is 15.3. The second-order valence-electron chi connectivity index (χ2n) is 4.31. The molecule has 0 amide bonds. The zero-order valence-electron chi connectivity index (χ0n) is 9.31. The Morgan fingerprint density at radius 2 is 2.38 bits per heavy atom. The Morgan fingerprint density at radius 3 is 3.06 bits per heavy atom. The average Bonchev–Trinajstić information content (AvgIpc) is 2.82. The molecular formula is C12H15N3S. The summed E-state index contributed by atoms with van der Waals surface area (Å²) in [6.45, 7) is 3.07. The minimum atomic E-state index is 0.659. The molecule has 1 fully saturated rings. The highest BCUT2D eigenvalue weighted by Crippen LogP contribution is 2.24. The van der Waals surface area contributed by atoms with Crippen LogP contribution in [0.5, 0.6) is 0 Å². The molecule has 16 heavy (non-hydrogen) atoms. The summed E-state index contributed by atoms with van der Waals surface area (Å²) in [5.74, 6) is 1.01. The van der Waals surface area contributed by atoms with Crippen molar-refractivity contribution in [1.29, 1.82) is 0 Å². The van der Waals surface area contributed by atoms with Gasteiger partial charge in [0, 0.05) is 28.2 Å². The summed E-state index contributed by atoms with van der Waals surface area (Å²) < 4.78 is 2.18. The van der Waals surface area contributed by atoms with Crippen LogP contribution in [0.15, 0.2) is 24.5 Å². The first-order valence-corrected chi connectivity index (χ1v) is 6.46. The number of nitrogens with one attached hydrogen (secondary N) is 1. The first-order valence-electron chi connectivity index (χ1n) is 5.64. The zero-order chi connectivity index (χ0) is 11.0. The molecule has 3 rings (SSSR count). The third kappa shape index (κ3) is 2.11. The quantitative estimate of drug-likeness (QED) is 0.880. The standard InChI is InChI=1S/C12H15N3S/c1-9-2-5-11(16-9)8-15-7-6-13-12(15)14-10-3-4-10/h2,5-7,10H,3-4,8H2,1H3,(H,13,14). The molecule has 84 valence electrons. The Bertz CT molecular complexity index is 482. The van der Waals surface area contributed by atoms with Gasteiger partial charge in [-0.25, -0.2) is 4.98 Å². The van der Waals surface area contributed by atoms with E-state index in [0.717, 1.165) is 12.5 Å². The van der Waals surface area contributed by atoms with Crippen LogP contribution in [0.2, 0.25) is 0 Å². The Kier molecular flexibility index (Phi) is 2.44. The molecular weight excluding hydrogens is 218 g/mol. The first kappa shape index (κ1) is 9.90. The van der Waals surface area contributed by atoms with Crippen LogP contribution in [0.25, 0.3) is 0 Å². The van der Waals surface area contributed by atoms with E-state index in [-0.39, 0.29) is 0 Å². The van der Waals surface area contributed by atoms with Gasteiger partial charge in [-0.3, -0.25) is 0 Å². The summed E-state index contributed by atoms with van der Waals surface area (Å²) in [6, 6.07) is 5.03. The van der Waals surface area contributed by atoms with Gasteiger partial charge in [-0.15, -0.1) is 11.3 Å². The van der Waals surface area contributed by atoms with Gasteiger partial charge in [0.1, 0.15) is 0 Å². The Balaban J connectivity index is 1.75. The summed E-state index contributed by atoms with van der Waals surface area (Å²) in [7, 11) is 0. The first-order chi connectivity index (χ1) is 7.81. The smallest absolute Gasteiger partial charge is 0.203 e. The number of aromatic nitrogens is 2. The second kappa shape index (κ2) is 3.94. The lowest BCUT2D eigenvalue weighted by molar-refractivity contribution is 0.808. The highest BCUT2D eigenvalue weighted by Gasteiger charge is 2.22. The van der Waals surface area contributed by atoms with Crippen molar-refractivity contribution in [2.24, 2.45) is 0 Å². The van der Waals surface area contributed by atoms with E-state index in [0.29, 0.717) is 6.04 Å². The van der Waals surface area contributed by atoms with Gasteiger partial charge in [-0.05, 0) is 31.9 Å². The van der Waals surface area contributed by atoms with Crippen LogP contribution in [0.4, 0.5) is 5.95 Å². The van der Waals surface area contributed by atoms with Gasteiger partial charge in [0.05, 0.1) is 6.54 Å². The lowest BCUT2D eigenvalue weighted by Crippen LogP contribution is -2.09. The minimum Gasteiger partial charge on any atom is -0.353 e. The summed E-state index contributed by atoms with van der Waals surface area (Å²) in [5.41, 5.74) is 0. The Hall–Kier alpha value is -1.29. The number of imidazole rings is 1. The molecule has 3 nitrogen and oxygen atoms in total. The topological polar surface area (TPSA) is 29.9 Å². The molecule has 0 aliphatic heterocycles. The van der Waals surface area contributed by atoms with Crippen LogP contribution in [-0.4, -0.2) is 15.6 Å². The summed E-state index contributed by atoms with van der Waals surface area (Å²) >= 11 is 1.85. The molecule has 0 unspecified atom stereocenters. The highest BCUT2D eigenvalue weighted by atomic mass is 32.1. The van der Waals surface area contributed by atoms with Crippen LogP contribution < -0.4 is 5.32 Å². The third-order valence-corrected chi connectivity index (χ3v) is 3.73. The van der Waals surface area contributed by atoms with Gasteiger partial charge in [-0.1, -0.05) is 0 Å². The molecule has 1 aliphatic rings. The molecule has 2 aromatic rings. The summed E-state index contributed by atoms with van der Waals surface area (Å²) in [6.07, 6.45) is 6.47. The van der Waals surface area contributed by atoms with Crippen LogP contribution in [0, 0.1) is 6.92 Å². The van der Waals surface area contributed by atoms with E-state index in [2.05, 4.69) is 33.9 Å². The lowest BCUT2D eigenvalue weighted by Gasteiger charge is -2.07. The van der Waals surface area contributed by atoms with Crippen molar-refractivity contribution in [2.75, 3.05) is 5.32 Å². The van der Waals surface area contributed by atoms with Crippen molar-refractivity contribution < 1.29 is 0 Å². The number of anilines is 1. The minimum absolute atomic E-state index is 0.659. The van der Waals surface area contributed by atoms with E-state index in [1.807, 2.05) is 23.7 Å². The Labute approximate surface area is 99.1 Å². The van der Waals surface area contributed by atoms with Crippen LogP contribution in [0.1, 0.15) is 22.6 Å². The molecule has 1 N–H and O–H groups in total. The fraction of sp³-hybridized carbons (Fsp3) is 0.417. The number of rotatable bonds is 4. The van der Waals surface area contributed by atoms with Crippen molar-refractivity contribution in [3.8, 4) is 0 Å². The molecule has 2 heterocycles. The monoisotopic (exact) mass is 233 g/mol. The number of aryl methyl sites for hydroxylation is 1. The van der Waals surface area contributed by atoms with Crippen molar-refractivity contribution in [2.45, 2.75) is 32.4 Å². The molecule has 2 aromatic heterocycles. The predicted octanol–water partition coefficient (Wildman–Crippen LogP) is 2.88. The van der Waals surface area contributed by atoms with Gasteiger partial charge in [0.25, 0.3) is 0 Å². The predicted molar refractivity (Wildman–Crippen MR) is 67.0 cm³/mol. The fourth-order valence-corrected chi connectivity index (χ4v) is 2.61. The van der Waals surface area contributed by atoms with Crippen LogP contribution >= 0.6 is 11.3 Å². The second-order valence-corrected chi connectivity index (χ2v) is 5.68. The fourth-order valence-electron chi connectivity index (χ4n) is 1.73. The van der Waals surface area contributed by atoms with E-state index in [4.69, 9.17) is 0 Å². The largest absolute Gasteiger partial charge is 0.353 e. The van der Waals surface area contributed by atoms with Gasteiger partial charge < -0.3 is 9.88 Å². The maximum atomic E-state index is 4.36. The van der Waals surface area contributed by atoms with Crippen molar-refractivity contribution in [3.63, 3.8) is 0 Å². The molecule has 0 radical (unpaired) electrons. The summed E-state index contributed by atoms with van der Waals surface area (Å²) in [5, 5.41) is 3.45. The number of nitrogens with zero attached hydrogens (tertiary/aromatic N) is 2. The SMILES string of the molecule is Cc1ccc(Cn2ccnc2NC2CC2)s1. The molecule has 1 aliphatic carbocycles. The molecule has 0 spiro atoms. The molecule has 0 saturated heterocycles. The van der Waals surface area contributed by atoms with E-state index >= 15 is 0 Å². The van der Waals surface area contributed by atoms with E-state index < -0.39 is 0 Å². The molecule has 0 aromatic carbocycles. The number of hydrogen-bond donors (Lipinski definition) is 1. The average molecular weight is 233 g/mol. The maximum Gasteiger partial charge on any atom is 0.203 e. The molecule has 1 saturated carbocycles. The van der Waals surface area contributed by atoms with E-state index in [1.54, 1.807) is 0 Å². The summed E-state index contributed by atoms with van der Waals surface area (Å²) in [4.78, 5) is 7.11. The van der Waals surface area contributed by atoms with Gasteiger partial charge in [-0.2, -0.15) is 0 Å². The van der Waals surface area contributed by atoms with Gasteiger partial charge in [0.2, 0.25) is 5.95 Å². The Morgan fingerprint density at radius 1 is 1.50 bits per heavy atom. The van der Waals surface area contributed by atoms with Gasteiger partial charge in [0.15, 0.2) is 0 Å². The molecule has 0 bridgehead atoms. The van der Waals surface area contributed by atoms with Gasteiger partial charge >= 0.3 is 0 Å². The van der Waals surface area contributed by atoms with Crippen molar-refractivity contribution >= 4 is 17.3 Å². The zero-order valence-corrected chi connectivity index (χ0v) is 10.1. The molecule has 0 atom stereocenters. The van der Waals surface area contributed by atoms with Crippen LogP contribution in [0.3, 0.4) is 0 Å². The van der Waals surface area contributed by atoms with E-state index in [9.17, 15) is 0 Å². The number of thiophene rings is 1. The van der Waals surface area contributed by atoms with E-state index in [1.165, 1.54) is 22.6 Å². The maximum absolute atomic E-state index is 4.36.